The first-order valence-electron chi connectivity index (χ1n) is 8.30. The van der Waals surface area contributed by atoms with E-state index in [1.807, 2.05) is 0 Å². The van der Waals surface area contributed by atoms with Crippen molar-refractivity contribution in [3.8, 4) is 5.69 Å². The Morgan fingerprint density at radius 3 is 2.26 bits per heavy atom. The molecule has 0 saturated carbocycles. The van der Waals surface area contributed by atoms with Crippen molar-refractivity contribution < 1.29 is 39.9 Å². The average Bonchev–Trinajstić information content (AvgIpc) is 3.15. The van der Waals surface area contributed by atoms with Crippen molar-refractivity contribution in [1.29, 1.82) is 0 Å². The van der Waals surface area contributed by atoms with Crippen LogP contribution in [-0.4, -0.2) is 16.1 Å². The molecule has 0 bridgehead atoms. The van der Waals surface area contributed by atoms with Crippen molar-refractivity contribution in [2.75, 3.05) is 0 Å². The topological polar surface area (TPSA) is 34.9 Å². The van der Waals surface area contributed by atoms with Crippen molar-refractivity contribution >= 4 is 17.9 Å². The highest BCUT2D eigenvalue weighted by Gasteiger charge is 2.42. The van der Waals surface area contributed by atoms with Crippen LogP contribution in [0.4, 0.5) is 35.1 Å². The van der Waals surface area contributed by atoms with E-state index in [2.05, 4.69) is 5.10 Å². The summed E-state index contributed by atoms with van der Waals surface area (Å²) in [5, 5.41) is 3.01. The van der Waals surface area contributed by atoms with Gasteiger partial charge < -0.3 is 0 Å². The smallest absolute Gasteiger partial charge is 0.285 e. The molecule has 0 fully saturated rings. The van der Waals surface area contributed by atoms with E-state index < -0.39 is 52.2 Å². The van der Waals surface area contributed by atoms with Gasteiger partial charge in [0.2, 0.25) is 6.29 Å². The summed E-state index contributed by atoms with van der Waals surface area (Å²) in [5.74, 6) is -1.80. The highest BCUT2D eigenvalue weighted by molar-refractivity contribution is 6.13. The van der Waals surface area contributed by atoms with Crippen LogP contribution in [0.25, 0.3) is 17.3 Å². The van der Waals surface area contributed by atoms with Crippen LogP contribution in [-0.2, 0) is 17.1 Å². The van der Waals surface area contributed by atoms with Crippen molar-refractivity contribution in [3.05, 3.63) is 82.7 Å². The van der Waals surface area contributed by atoms with E-state index in [1.54, 1.807) is 0 Å². The van der Waals surface area contributed by atoms with Crippen LogP contribution in [0.5, 0.6) is 0 Å². The standard InChI is InChI=1S/C20H9F8N2O/c21-13-4-5-16(22)15(8-13)12(10-31)6-11-2-1-3-14(7-11)30-18(20(26,27)28)9-17(29-30)19(23,24)25/h1-9H. The zero-order valence-electron chi connectivity index (χ0n) is 15.0. The molecule has 3 rings (SSSR count). The SMILES string of the molecule is O=[C]C(=Cc1cccc(-n2nc(C(F)(F)F)cc2C(F)(F)F)c1)c1cc(F)ccc1F. The van der Waals surface area contributed by atoms with Crippen LogP contribution >= 0.6 is 0 Å². The number of carbonyl (C=O) groups excluding carboxylic acids is 1. The van der Waals surface area contributed by atoms with Crippen LogP contribution in [0.15, 0.2) is 48.5 Å². The van der Waals surface area contributed by atoms with Gasteiger partial charge in [0.25, 0.3) is 0 Å². The summed E-state index contributed by atoms with van der Waals surface area (Å²) in [7, 11) is 0. The van der Waals surface area contributed by atoms with Crippen LogP contribution in [0, 0.1) is 11.6 Å². The Morgan fingerprint density at radius 2 is 1.65 bits per heavy atom. The van der Waals surface area contributed by atoms with Gasteiger partial charge in [-0.25, -0.2) is 13.5 Å². The molecule has 1 aromatic heterocycles. The summed E-state index contributed by atoms with van der Waals surface area (Å²) < 4.78 is 106. The van der Waals surface area contributed by atoms with Gasteiger partial charge in [0.05, 0.1) is 5.69 Å². The summed E-state index contributed by atoms with van der Waals surface area (Å²) in [6.45, 7) is 0. The van der Waals surface area contributed by atoms with E-state index in [9.17, 15) is 39.9 Å². The minimum absolute atomic E-state index is 0.0108. The maximum absolute atomic E-state index is 13.9. The van der Waals surface area contributed by atoms with Crippen LogP contribution in [0.1, 0.15) is 22.5 Å². The molecule has 0 aliphatic carbocycles. The van der Waals surface area contributed by atoms with E-state index >= 15 is 0 Å². The molecule has 0 aliphatic rings. The van der Waals surface area contributed by atoms with Gasteiger partial charge in [0.1, 0.15) is 17.3 Å². The number of aromatic nitrogens is 2. The van der Waals surface area contributed by atoms with Crippen molar-refractivity contribution in [3.63, 3.8) is 0 Å². The summed E-state index contributed by atoms with van der Waals surface area (Å²) >= 11 is 0. The fourth-order valence-electron chi connectivity index (χ4n) is 2.70. The van der Waals surface area contributed by atoms with E-state index in [4.69, 9.17) is 0 Å². The Morgan fingerprint density at radius 1 is 0.935 bits per heavy atom. The van der Waals surface area contributed by atoms with Crippen molar-refractivity contribution in [2.24, 2.45) is 0 Å². The first kappa shape index (κ1) is 22.2. The number of hydrogen-bond acceptors (Lipinski definition) is 2. The molecule has 11 heteroatoms. The third-order valence-electron chi connectivity index (χ3n) is 4.04. The second-order valence-corrected chi connectivity index (χ2v) is 6.20. The molecule has 1 heterocycles. The number of rotatable bonds is 4. The molecule has 2 aromatic carbocycles. The zero-order chi connectivity index (χ0) is 23.0. The van der Waals surface area contributed by atoms with Gasteiger partial charge in [-0.15, -0.1) is 0 Å². The normalized spacial score (nSPS) is 12.8. The Balaban J connectivity index is 2.12. The third kappa shape index (κ3) is 4.81. The van der Waals surface area contributed by atoms with Gasteiger partial charge in [0, 0.05) is 17.2 Å². The number of benzene rings is 2. The molecule has 0 unspecified atom stereocenters. The van der Waals surface area contributed by atoms with Gasteiger partial charge in [-0.1, -0.05) is 12.1 Å². The maximum Gasteiger partial charge on any atom is 0.435 e. The molecule has 31 heavy (non-hydrogen) atoms. The monoisotopic (exact) mass is 445 g/mol. The molecular weight excluding hydrogens is 436 g/mol. The molecular formula is C20H9F8N2O. The zero-order valence-corrected chi connectivity index (χ0v) is 15.0. The average molecular weight is 445 g/mol. The quantitative estimate of drug-likeness (QED) is 0.287. The molecule has 0 saturated heterocycles. The van der Waals surface area contributed by atoms with Gasteiger partial charge in [-0.2, -0.15) is 31.4 Å². The molecule has 1 radical (unpaired) electrons. The van der Waals surface area contributed by atoms with Gasteiger partial charge in [-0.3, -0.25) is 4.79 Å². The highest BCUT2D eigenvalue weighted by atomic mass is 19.4. The van der Waals surface area contributed by atoms with E-state index in [0.717, 1.165) is 36.4 Å². The lowest BCUT2D eigenvalue weighted by atomic mass is 10.0. The number of halogens is 8. The Bertz CT molecular complexity index is 1160. The molecule has 0 atom stereocenters. The van der Waals surface area contributed by atoms with Crippen molar-refractivity contribution in [1.82, 2.24) is 9.78 Å². The maximum atomic E-state index is 13.9. The Hall–Kier alpha value is -3.50. The fraction of sp³-hybridized carbons (Fsp3) is 0.100. The molecule has 3 aromatic rings. The summed E-state index contributed by atoms with van der Waals surface area (Å²) in [6, 6.07) is 6.72. The lowest BCUT2D eigenvalue weighted by Crippen LogP contribution is -2.13. The van der Waals surface area contributed by atoms with E-state index in [1.165, 1.54) is 18.4 Å². The van der Waals surface area contributed by atoms with Crippen LogP contribution < -0.4 is 0 Å². The first-order chi connectivity index (χ1) is 14.4. The second kappa shape index (κ2) is 7.97. The number of alkyl halides is 6. The predicted molar refractivity (Wildman–Crippen MR) is 93.5 cm³/mol. The highest BCUT2D eigenvalue weighted by Crippen LogP contribution is 2.36. The van der Waals surface area contributed by atoms with Gasteiger partial charge in [0.15, 0.2) is 5.69 Å². The molecule has 161 valence electrons. The lowest BCUT2D eigenvalue weighted by molar-refractivity contribution is -0.143. The largest absolute Gasteiger partial charge is 0.435 e. The fourth-order valence-corrected chi connectivity index (χ4v) is 2.70. The second-order valence-electron chi connectivity index (χ2n) is 6.20. The van der Waals surface area contributed by atoms with Crippen LogP contribution in [0.3, 0.4) is 0 Å². The predicted octanol–water partition coefficient (Wildman–Crippen LogP) is 5.84. The summed E-state index contributed by atoms with van der Waals surface area (Å²) in [4.78, 5) is 11.3. The van der Waals surface area contributed by atoms with E-state index in [0.29, 0.717) is 0 Å². The summed E-state index contributed by atoms with van der Waals surface area (Å²) in [5.41, 5.74) is -4.71. The minimum atomic E-state index is -5.14. The minimum Gasteiger partial charge on any atom is -0.285 e. The number of allylic oxidation sites excluding steroid dienone is 1. The Labute approximate surface area is 169 Å². The molecule has 0 spiro atoms. The van der Waals surface area contributed by atoms with Crippen LogP contribution in [0.2, 0.25) is 0 Å². The first-order valence-corrected chi connectivity index (χ1v) is 8.30. The number of nitrogens with zero attached hydrogens (tertiary/aromatic N) is 2. The van der Waals surface area contributed by atoms with Gasteiger partial charge in [-0.05, 0) is 42.0 Å². The molecule has 0 N–H and O–H groups in total. The Kier molecular flexibility index (Phi) is 5.70. The van der Waals surface area contributed by atoms with Gasteiger partial charge >= 0.3 is 12.4 Å². The lowest BCUT2D eigenvalue weighted by Gasteiger charge is -2.11. The molecule has 0 amide bonds. The number of hydrogen-bond donors (Lipinski definition) is 0. The molecule has 3 nitrogen and oxygen atoms in total. The van der Waals surface area contributed by atoms with E-state index in [-0.39, 0.29) is 16.3 Å². The third-order valence-corrected chi connectivity index (χ3v) is 4.04. The summed E-state index contributed by atoms with van der Waals surface area (Å²) in [6.07, 6.45) is -7.86. The molecule has 0 aliphatic heterocycles. The van der Waals surface area contributed by atoms with Crippen molar-refractivity contribution in [2.45, 2.75) is 12.4 Å².